The van der Waals surface area contributed by atoms with E-state index in [2.05, 4.69) is 32.5 Å². The number of aromatic nitrogens is 2. The molecule has 3 rings (SSSR count). The molecular weight excluding hydrogens is 232 g/mol. The van der Waals surface area contributed by atoms with Gasteiger partial charge >= 0.3 is 0 Å². The highest BCUT2D eigenvalue weighted by Gasteiger charge is 2.42. The van der Waals surface area contributed by atoms with Crippen LogP contribution in [0.3, 0.4) is 0 Å². The molecule has 0 aliphatic heterocycles. The van der Waals surface area contributed by atoms with Gasteiger partial charge < -0.3 is 0 Å². The number of hydrogen-bond acceptors (Lipinski definition) is 1. The topological polar surface area (TPSA) is 17.8 Å². The molecule has 0 amide bonds. The van der Waals surface area contributed by atoms with Crippen molar-refractivity contribution >= 4 is 0 Å². The minimum absolute atomic E-state index is 0.211. The normalized spacial score (nSPS) is 22.5. The summed E-state index contributed by atoms with van der Waals surface area (Å²) in [6.07, 6.45) is 11.0. The molecule has 0 radical (unpaired) electrons. The summed E-state index contributed by atoms with van der Waals surface area (Å²) in [6, 6.07) is 0. The van der Waals surface area contributed by atoms with Gasteiger partial charge in [0.15, 0.2) is 0 Å². The lowest BCUT2D eigenvalue weighted by molar-refractivity contribution is 0.248. The van der Waals surface area contributed by atoms with Gasteiger partial charge in [-0.2, -0.15) is 5.10 Å². The molecule has 2 aliphatic carbocycles. The summed E-state index contributed by atoms with van der Waals surface area (Å²) in [4.78, 5) is 0. The van der Waals surface area contributed by atoms with Crippen LogP contribution in [0.4, 0.5) is 0 Å². The van der Waals surface area contributed by atoms with Crippen molar-refractivity contribution in [2.24, 2.45) is 7.05 Å². The quantitative estimate of drug-likeness (QED) is 0.681. The Balaban J connectivity index is 2.11. The highest BCUT2D eigenvalue weighted by atomic mass is 15.3. The summed E-state index contributed by atoms with van der Waals surface area (Å²) in [5, 5.41) is 5.01. The van der Waals surface area contributed by atoms with Gasteiger partial charge in [0.25, 0.3) is 0 Å². The van der Waals surface area contributed by atoms with E-state index in [1.54, 1.807) is 5.56 Å². The lowest BCUT2D eigenvalue weighted by atomic mass is 9.64. The van der Waals surface area contributed by atoms with Gasteiger partial charge in [-0.1, -0.05) is 40.0 Å². The molecule has 2 nitrogen and oxygen atoms in total. The summed E-state index contributed by atoms with van der Waals surface area (Å²) in [6.45, 7) is 6.98. The number of rotatable bonds is 0. The molecule has 1 spiro atoms. The first-order valence-corrected chi connectivity index (χ1v) is 8.01. The second kappa shape index (κ2) is 4.36. The molecule has 1 aromatic heterocycles. The summed E-state index contributed by atoms with van der Waals surface area (Å²) >= 11 is 0. The standard InChI is InChI=1S/C17H28N2/c1-16(2,3)15-13-9-8-12-17(10-6-5-7-11-17)14(13)18-19(15)4/h5-12H2,1-4H3. The molecule has 0 N–H and O–H groups in total. The van der Waals surface area contributed by atoms with E-state index in [4.69, 9.17) is 5.10 Å². The van der Waals surface area contributed by atoms with Gasteiger partial charge in [0.1, 0.15) is 0 Å². The Kier molecular flexibility index (Phi) is 3.03. The molecule has 2 heteroatoms. The van der Waals surface area contributed by atoms with E-state index in [-0.39, 0.29) is 5.41 Å². The maximum Gasteiger partial charge on any atom is 0.0721 e. The van der Waals surface area contributed by atoms with Crippen molar-refractivity contribution in [3.63, 3.8) is 0 Å². The fourth-order valence-corrected chi connectivity index (χ4v) is 4.61. The van der Waals surface area contributed by atoms with E-state index < -0.39 is 0 Å². The van der Waals surface area contributed by atoms with Crippen LogP contribution in [0.1, 0.15) is 82.7 Å². The average molecular weight is 260 g/mol. The molecule has 1 saturated carbocycles. The fourth-order valence-electron chi connectivity index (χ4n) is 4.61. The second-order valence-corrected chi connectivity index (χ2v) is 7.74. The van der Waals surface area contributed by atoms with E-state index in [9.17, 15) is 0 Å². The van der Waals surface area contributed by atoms with E-state index in [1.165, 1.54) is 62.8 Å². The summed E-state index contributed by atoms with van der Waals surface area (Å²) in [7, 11) is 2.15. The maximum absolute atomic E-state index is 5.01. The van der Waals surface area contributed by atoms with Crippen LogP contribution in [0.15, 0.2) is 0 Å². The van der Waals surface area contributed by atoms with Crippen LogP contribution in [0.2, 0.25) is 0 Å². The molecular formula is C17H28N2. The molecule has 2 aliphatic rings. The number of fused-ring (bicyclic) bond motifs is 2. The minimum atomic E-state index is 0.211. The summed E-state index contributed by atoms with van der Waals surface area (Å²) < 4.78 is 2.19. The zero-order valence-electron chi connectivity index (χ0n) is 13.1. The van der Waals surface area contributed by atoms with Crippen LogP contribution in [0.5, 0.6) is 0 Å². The van der Waals surface area contributed by atoms with Crippen LogP contribution in [0, 0.1) is 0 Å². The SMILES string of the molecule is Cn1nc2c(c1C(C)(C)C)CCCC21CCCCC1. The molecule has 106 valence electrons. The third kappa shape index (κ3) is 2.04. The monoisotopic (exact) mass is 260 g/mol. The van der Waals surface area contributed by atoms with Gasteiger partial charge in [0.2, 0.25) is 0 Å². The predicted molar refractivity (Wildman–Crippen MR) is 79.6 cm³/mol. The number of nitrogens with zero attached hydrogens (tertiary/aromatic N) is 2. The van der Waals surface area contributed by atoms with Crippen molar-refractivity contribution in [1.82, 2.24) is 9.78 Å². The molecule has 0 saturated heterocycles. The Labute approximate surface area is 117 Å². The lowest BCUT2D eigenvalue weighted by Crippen LogP contribution is -2.33. The maximum atomic E-state index is 5.01. The van der Waals surface area contributed by atoms with E-state index >= 15 is 0 Å². The van der Waals surface area contributed by atoms with Crippen molar-refractivity contribution in [2.45, 2.75) is 83.0 Å². The number of aryl methyl sites for hydroxylation is 1. The highest BCUT2D eigenvalue weighted by molar-refractivity contribution is 5.38. The van der Waals surface area contributed by atoms with E-state index in [0.717, 1.165) is 0 Å². The van der Waals surface area contributed by atoms with Crippen LogP contribution in [0.25, 0.3) is 0 Å². The third-order valence-corrected chi connectivity index (χ3v) is 5.25. The molecule has 0 aromatic carbocycles. The van der Waals surface area contributed by atoms with Crippen molar-refractivity contribution in [1.29, 1.82) is 0 Å². The van der Waals surface area contributed by atoms with E-state index in [1.807, 2.05) is 0 Å². The third-order valence-electron chi connectivity index (χ3n) is 5.25. The Morgan fingerprint density at radius 2 is 1.63 bits per heavy atom. The molecule has 0 atom stereocenters. The Hall–Kier alpha value is -0.790. The summed E-state index contributed by atoms with van der Waals surface area (Å²) in [5.74, 6) is 0. The molecule has 1 aromatic rings. The zero-order valence-corrected chi connectivity index (χ0v) is 13.1. The highest BCUT2D eigenvalue weighted by Crippen LogP contribution is 2.48. The van der Waals surface area contributed by atoms with Crippen LogP contribution in [-0.4, -0.2) is 9.78 Å². The molecule has 1 fully saturated rings. The molecule has 0 unspecified atom stereocenters. The van der Waals surface area contributed by atoms with Gasteiger partial charge in [-0.15, -0.1) is 0 Å². The van der Waals surface area contributed by atoms with Gasteiger partial charge in [-0.25, -0.2) is 0 Å². The van der Waals surface area contributed by atoms with Crippen molar-refractivity contribution in [3.8, 4) is 0 Å². The zero-order chi connectivity index (χ0) is 13.7. The van der Waals surface area contributed by atoms with Crippen molar-refractivity contribution < 1.29 is 0 Å². The smallest absolute Gasteiger partial charge is 0.0721 e. The molecule has 0 bridgehead atoms. The Morgan fingerprint density at radius 3 is 2.26 bits per heavy atom. The molecule has 1 heterocycles. The van der Waals surface area contributed by atoms with Crippen LogP contribution < -0.4 is 0 Å². The lowest BCUT2D eigenvalue weighted by Gasteiger charge is -2.40. The van der Waals surface area contributed by atoms with Gasteiger partial charge in [0.05, 0.1) is 5.69 Å². The predicted octanol–water partition coefficient (Wildman–Crippen LogP) is 4.26. The van der Waals surface area contributed by atoms with Gasteiger partial charge in [-0.05, 0) is 37.7 Å². The average Bonchev–Trinajstić information content (AvgIpc) is 2.68. The minimum Gasteiger partial charge on any atom is -0.272 e. The van der Waals surface area contributed by atoms with Crippen LogP contribution >= 0.6 is 0 Å². The fraction of sp³-hybridized carbons (Fsp3) is 0.824. The van der Waals surface area contributed by atoms with Gasteiger partial charge in [0, 0.05) is 23.6 Å². The van der Waals surface area contributed by atoms with E-state index in [0.29, 0.717) is 5.41 Å². The Bertz CT molecular complexity index is 470. The van der Waals surface area contributed by atoms with Crippen molar-refractivity contribution in [3.05, 3.63) is 17.0 Å². The second-order valence-electron chi connectivity index (χ2n) is 7.74. The Morgan fingerprint density at radius 1 is 1.00 bits per heavy atom. The first-order valence-electron chi connectivity index (χ1n) is 8.01. The van der Waals surface area contributed by atoms with Crippen molar-refractivity contribution in [2.75, 3.05) is 0 Å². The largest absolute Gasteiger partial charge is 0.272 e. The first kappa shape index (κ1) is 13.2. The molecule has 19 heavy (non-hydrogen) atoms. The summed E-state index contributed by atoms with van der Waals surface area (Å²) in [5.41, 5.74) is 5.21. The van der Waals surface area contributed by atoms with Crippen LogP contribution in [-0.2, 0) is 24.3 Å². The first-order chi connectivity index (χ1) is 8.94. The number of hydrogen-bond donors (Lipinski definition) is 0. The van der Waals surface area contributed by atoms with Gasteiger partial charge in [-0.3, -0.25) is 4.68 Å².